The van der Waals surface area contributed by atoms with Crippen LogP contribution in [-0.4, -0.2) is 25.1 Å². The molecule has 0 N–H and O–H groups in total. The molecule has 0 amide bonds. The molecule has 0 saturated carbocycles. The van der Waals surface area contributed by atoms with Crippen molar-refractivity contribution in [1.29, 1.82) is 0 Å². The van der Waals surface area contributed by atoms with Crippen molar-refractivity contribution in [3.05, 3.63) is 45.4 Å². The van der Waals surface area contributed by atoms with Gasteiger partial charge < -0.3 is 9.64 Å². The van der Waals surface area contributed by atoms with E-state index in [0.717, 1.165) is 20.6 Å². The summed E-state index contributed by atoms with van der Waals surface area (Å²) in [6.07, 6.45) is 0. The highest BCUT2D eigenvalue weighted by Gasteiger charge is 2.18. The van der Waals surface area contributed by atoms with Crippen molar-refractivity contribution in [2.24, 2.45) is 0 Å². The number of anilines is 1. The highest BCUT2D eigenvalue weighted by atomic mass is 35.5. The van der Waals surface area contributed by atoms with E-state index in [4.69, 9.17) is 16.3 Å². The van der Waals surface area contributed by atoms with Crippen LogP contribution in [0.1, 0.15) is 20.9 Å². The maximum Gasteiger partial charge on any atom is 0.357 e. The van der Waals surface area contributed by atoms with Crippen molar-refractivity contribution in [2.45, 2.75) is 13.5 Å². The summed E-state index contributed by atoms with van der Waals surface area (Å²) in [5.41, 5.74) is 1.39. The first-order valence-corrected chi connectivity index (χ1v) is 7.22. The van der Waals surface area contributed by atoms with Crippen molar-refractivity contribution in [3.8, 4) is 0 Å². The van der Waals surface area contributed by atoms with Crippen LogP contribution in [0.4, 0.5) is 5.13 Å². The van der Waals surface area contributed by atoms with Crippen LogP contribution in [0.25, 0.3) is 0 Å². The van der Waals surface area contributed by atoms with Crippen LogP contribution in [0, 0.1) is 6.92 Å². The summed E-state index contributed by atoms with van der Waals surface area (Å²) in [4.78, 5) is 18.7. The van der Waals surface area contributed by atoms with Gasteiger partial charge in [-0.25, -0.2) is 9.78 Å². The van der Waals surface area contributed by atoms with Crippen LogP contribution in [0.15, 0.2) is 24.3 Å². The molecule has 0 aliphatic rings. The van der Waals surface area contributed by atoms with E-state index in [9.17, 15) is 4.79 Å². The van der Waals surface area contributed by atoms with E-state index in [0.29, 0.717) is 12.2 Å². The molecule has 20 heavy (non-hydrogen) atoms. The van der Waals surface area contributed by atoms with E-state index in [1.54, 1.807) is 0 Å². The Bertz CT molecular complexity index is 627. The van der Waals surface area contributed by atoms with Crippen LogP contribution in [-0.2, 0) is 11.3 Å². The molecule has 0 aliphatic heterocycles. The molecule has 1 heterocycles. The van der Waals surface area contributed by atoms with Gasteiger partial charge in [0.1, 0.15) is 0 Å². The lowest BCUT2D eigenvalue weighted by atomic mass is 10.2. The van der Waals surface area contributed by atoms with Crippen LogP contribution in [0.2, 0.25) is 5.02 Å². The number of benzene rings is 1. The first kappa shape index (κ1) is 14.8. The number of thiazole rings is 1. The maximum atomic E-state index is 11.6. The summed E-state index contributed by atoms with van der Waals surface area (Å²) in [5.74, 6) is -0.406. The Morgan fingerprint density at radius 3 is 2.80 bits per heavy atom. The van der Waals surface area contributed by atoms with Crippen LogP contribution < -0.4 is 4.90 Å². The van der Waals surface area contributed by atoms with Crippen molar-refractivity contribution in [3.63, 3.8) is 0 Å². The molecule has 1 aromatic heterocycles. The molecule has 6 heteroatoms. The van der Waals surface area contributed by atoms with Gasteiger partial charge in [-0.3, -0.25) is 0 Å². The second kappa shape index (κ2) is 6.24. The molecule has 0 saturated heterocycles. The first-order chi connectivity index (χ1) is 9.52. The third-order valence-corrected chi connectivity index (χ3v) is 4.31. The van der Waals surface area contributed by atoms with E-state index in [1.165, 1.54) is 18.4 Å². The largest absolute Gasteiger partial charge is 0.464 e. The molecule has 106 valence electrons. The minimum atomic E-state index is -0.406. The van der Waals surface area contributed by atoms with Crippen molar-refractivity contribution < 1.29 is 9.53 Å². The number of carbonyl (C=O) groups excluding carboxylic acids is 1. The van der Waals surface area contributed by atoms with Gasteiger partial charge in [0, 0.05) is 23.5 Å². The van der Waals surface area contributed by atoms with Gasteiger partial charge in [0.05, 0.1) is 7.11 Å². The summed E-state index contributed by atoms with van der Waals surface area (Å²) in [5, 5.41) is 1.49. The van der Waals surface area contributed by atoms with Crippen molar-refractivity contribution in [1.82, 2.24) is 4.98 Å². The van der Waals surface area contributed by atoms with Gasteiger partial charge in [0.15, 0.2) is 10.8 Å². The van der Waals surface area contributed by atoms with E-state index >= 15 is 0 Å². The molecule has 1 aromatic carbocycles. The lowest BCUT2D eigenvalue weighted by molar-refractivity contribution is 0.0594. The van der Waals surface area contributed by atoms with Crippen molar-refractivity contribution >= 4 is 34.0 Å². The zero-order valence-corrected chi connectivity index (χ0v) is 13.1. The second-order valence-electron chi connectivity index (χ2n) is 4.34. The standard InChI is InChI=1S/C14H15ClN2O2S/c1-9-12(13(18)19-3)16-14(20-9)17(2)8-10-6-4-5-7-11(10)15/h4-7H,8H2,1-3H3. The number of halogens is 1. The summed E-state index contributed by atoms with van der Waals surface area (Å²) < 4.78 is 4.71. The van der Waals surface area contributed by atoms with Gasteiger partial charge in [-0.15, -0.1) is 11.3 Å². The topological polar surface area (TPSA) is 42.4 Å². The van der Waals surface area contributed by atoms with E-state index in [-0.39, 0.29) is 0 Å². The molecule has 0 atom stereocenters. The van der Waals surface area contributed by atoms with Gasteiger partial charge in [-0.1, -0.05) is 29.8 Å². The highest BCUT2D eigenvalue weighted by Crippen LogP contribution is 2.27. The smallest absolute Gasteiger partial charge is 0.357 e. The van der Waals surface area contributed by atoms with Gasteiger partial charge in [-0.2, -0.15) is 0 Å². The monoisotopic (exact) mass is 310 g/mol. The Kier molecular flexibility index (Phi) is 4.62. The van der Waals surface area contributed by atoms with Crippen LogP contribution in [0.3, 0.4) is 0 Å². The molecule has 0 aliphatic carbocycles. The first-order valence-electron chi connectivity index (χ1n) is 6.03. The Morgan fingerprint density at radius 2 is 2.15 bits per heavy atom. The summed E-state index contributed by atoms with van der Waals surface area (Å²) in [6, 6.07) is 7.68. The number of methoxy groups -OCH3 is 1. The van der Waals surface area contributed by atoms with Gasteiger partial charge in [0.25, 0.3) is 0 Å². The Balaban J connectivity index is 2.20. The predicted molar refractivity (Wildman–Crippen MR) is 81.7 cm³/mol. The molecule has 4 nitrogen and oxygen atoms in total. The number of ether oxygens (including phenoxy) is 1. The number of rotatable bonds is 4. The zero-order valence-electron chi connectivity index (χ0n) is 11.5. The Labute approximate surface area is 127 Å². The van der Waals surface area contributed by atoms with Gasteiger partial charge >= 0.3 is 5.97 Å². The fourth-order valence-electron chi connectivity index (χ4n) is 1.78. The third kappa shape index (κ3) is 3.11. The predicted octanol–water partition coefficient (Wildman–Crippen LogP) is 3.53. The van der Waals surface area contributed by atoms with Gasteiger partial charge in [0.2, 0.25) is 0 Å². The Morgan fingerprint density at radius 1 is 1.45 bits per heavy atom. The number of esters is 1. The van der Waals surface area contributed by atoms with Crippen molar-refractivity contribution in [2.75, 3.05) is 19.1 Å². The van der Waals surface area contributed by atoms with E-state index < -0.39 is 5.97 Å². The average Bonchev–Trinajstić information content (AvgIpc) is 2.82. The minimum Gasteiger partial charge on any atom is -0.464 e. The molecule has 0 fully saturated rings. The molecule has 2 rings (SSSR count). The van der Waals surface area contributed by atoms with Crippen LogP contribution >= 0.6 is 22.9 Å². The number of aromatic nitrogens is 1. The lowest BCUT2D eigenvalue weighted by Gasteiger charge is -2.16. The molecule has 0 radical (unpaired) electrons. The fourth-order valence-corrected chi connectivity index (χ4v) is 2.83. The normalized spacial score (nSPS) is 10.4. The summed E-state index contributed by atoms with van der Waals surface area (Å²) >= 11 is 7.61. The van der Waals surface area contributed by atoms with E-state index in [2.05, 4.69) is 4.98 Å². The highest BCUT2D eigenvalue weighted by molar-refractivity contribution is 7.15. The zero-order chi connectivity index (χ0) is 14.7. The molecular weight excluding hydrogens is 296 g/mol. The second-order valence-corrected chi connectivity index (χ2v) is 5.93. The molecular formula is C14H15ClN2O2S. The van der Waals surface area contributed by atoms with Gasteiger partial charge in [-0.05, 0) is 18.6 Å². The molecule has 0 bridgehead atoms. The number of carbonyl (C=O) groups is 1. The fraction of sp³-hybridized carbons (Fsp3) is 0.286. The number of hydrogen-bond donors (Lipinski definition) is 0. The quantitative estimate of drug-likeness (QED) is 0.810. The van der Waals surface area contributed by atoms with E-state index in [1.807, 2.05) is 43.1 Å². The lowest BCUT2D eigenvalue weighted by Crippen LogP contribution is -2.16. The maximum absolute atomic E-state index is 11.6. The summed E-state index contributed by atoms with van der Waals surface area (Å²) in [6.45, 7) is 2.49. The average molecular weight is 311 g/mol. The number of hydrogen-bond acceptors (Lipinski definition) is 5. The number of nitrogens with zero attached hydrogens (tertiary/aromatic N) is 2. The van der Waals surface area contributed by atoms with Crippen LogP contribution in [0.5, 0.6) is 0 Å². The molecule has 0 unspecified atom stereocenters. The molecule has 2 aromatic rings. The molecule has 0 spiro atoms. The SMILES string of the molecule is COC(=O)c1nc(N(C)Cc2ccccc2Cl)sc1C. The minimum absolute atomic E-state index is 0.374. The Hall–Kier alpha value is -1.59. The number of aryl methyl sites for hydroxylation is 1. The summed E-state index contributed by atoms with van der Waals surface area (Å²) in [7, 11) is 3.27. The third-order valence-electron chi connectivity index (χ3n) is 2.86.